The van der Waals surface area contributed by atoms with Crippen LogP contribution in [0.2, 0.25) is 0 Å². The molecule has 1 aliphatic rings. The molecule has 1 fully saturated rings. The van der Waals surface area contributed by atoms with Gasteiger partial charge in [0.1, 0.15) is 0 Å². The van der Waals surface area contributed by atoms with Crippen LogP contribution in [0.25, 0.3) is 0 Å². The Morgan fingerprint density at radius 1 is 1.50 bits per heavy atom. The summed E-state index contributed by atoms with van der Waals surface area (Å²) in [5.41, 5.74) is 2.87. The van der Waals surface area contributed by atoms with Gasteiger partial charge in [-0.05, 0) is 54.1 Å². The smallest absolute Gasteiger partial charge is 0.0217 e. The van der Waals surface area contributed by atoms with E-state index in [4.69, 9.17) is 0 Å². The molecule has 0 amide bonds. The molecule has 0 aliphatic carbocycles. The van der Waals surface area contributed by atoms with Crippen LogP contribution < -0.4 is 10.6 Å². The second-order valence-corrected chi connectivity index (χ2v) is 5.74. The van der Waals surface area contributed by atoms with Gasteiger partial charge in [0.05, 0.1) is 0 Å². The first-order chi connectivity index (χ1) is 7.75. The van der Waals surface area contributed by atoms with E-state index in [1.54, 1.807) is 11.3 Å². The van der Waals surface area contributed by atoms with Gasteiger partial charge in [-0.2, -0.15) is 11.3 Å². The third-order valence-corrected chi connectivity index (χ3v) is 4.34. The highest BCUT2D eigenvalue weighted by atomic mass is 32.1. The molecular weight excluding hydrogens is 216 g/mol. The van der Waals surface area contributed by atoms with Crippen LogP contribution in [-0.2, 0) is 6.54 Å². The maximum atomic E-state index is 3.58. The lowest BCUT2D eigenvalue weighted by Crippen LogP contribution is -2.43. The number of thiophene rings is 1. The fourth-order valence-electron chi connectivity index (χ4n) is 2.33. The van der Waals surface area contributed by atoms with Crippen molar-refractivity contribution in [2.45, 2.75) is 39.3 Å². The summed E-state index contributed by atoms with van der Waals surface area (Å²) in [6.07, 6.45) is 2.65. The van der Waals surface area contributed by atoms with Crippen molar-refractivity contribution in [2.75, 3.05) is 13.1 Å². The quantitative estimate of drug-likeness (QED) is 0.842. The van der Waals surface area contributed by atoms with Gasteiger partial charge in [0.2, 0.25) is 0 Å². The van der Waals surface area contributed by atoms with Gasteiger partial charge in [-0.25, -0.2) is 0 Å². The second-order valence-electron chi connectivity index (χ2n) is 4.99. The van der Waals surface area contributed by atoms with E-state index >= 15 is 0 Å². The molecule has 2 atom stereocenters. The number of hydrogen-bond acceptors (Lipinski definition) is 3. The number of nitrogens with one attached hydrogen (secondary N) is 2. The molecule has 0 spiro atoms. The van der Waals surface area contributed by atoms with Crippen molar-refractivity contribution >= 4 is 11.3 Å². The molecule has 2 nitrogen and oxygen atoms in total. The summed E-state index contributed by atoms with van der Waals surface area (Å²) in [6, 6.07) is 0.669. The van der Waals surface area contributed by atoms with Crippen molar-refractivity contribution in [3.8, 4) is 0 Å². The van der Waals surface area contributed by atoms with Crippen molar-refractivity contribution in [3.63, 3.8) is 0 Å². The van der Waals surface area contributed by atoms with E-state index in [2.05, 4.69) is 35.2 Å². The molecule has 2 heterocycles. The molecule has 0 radical (unpaired) electrons. The van der Waals surface area contributed by atoms with E-state index < -0.39 is 0 Å². The van der Waals surface area contributed by atoms with Gasteiger partial charge < -0.3 is 10.6 Å². The average molecular weight is 238 g/mol. The molecule has 90 valence electrons. The highest BCUT2D eigenvalue weighted by Crippen LogP contribution is 2.15. The summed E-state index contributed by atoms with van der Waals surface area (Å²) in [6.45, 7) is 7.85. The van der Waals surface area contributed by atoms with Crippen molar-refractivity contribution in [2.24, 2.45) is 5.92 Å². The predicted octanol–water partition coefficient (Wildman–Crippen LogP) is 2.53. The number of aryl methyl sites for hydroxylation is 1. The van der Waals surface area contributed by atoms with E-state index in [0.717, 1.165) is 19.0 Å². The maximum absolute atomic E-state index is 3.58. The molecule has 2 rings (SSSR count). The van der Waals surface area contributed by atoms with Crippen LogP contribution in [0.1, 0.15) is 30.9 Å². The van der Waals surface area contributed by atoms with Crippen LogP contribution >= 0.6 is 11.3 Å². The van der Waals surface area contributed by atoms with Gasteiger partial charge in [-0.3, -0.25) is 0 Å². The molecule has 0 saturated carbocycles. The molecule has 3 heteroatoms. The minimum Gasteiger partial charge on any atom is -0.313 e. The molecule has 16 heavy (non-hydrogen) atoms. The molecule has 2 N–H and O–H groups in total. The second kappa shape index (κ2) is 5.80. The summed E-state index contributed by atoms with van der Waals surface area (Å²) >= 11 is 1.80. The fraction of sp³-hybridized carbons (Fsp3) is 0.692. The van der Waals surface area contributed by atoms with Gasteiger partial charge >= 0.3 is 0 Å². The number of piperidine rings is 1. The third-order valence-electron chi connectivity index (χ3n) is 3.42. The SMILES string of the molecule is Cc1cscc1CNCC1CC(C)CCN1. The van der Waals surface area contributed by atoms with Crippen LogP contribution in [0.3, 0.4) is 0 Å². The Morgan fingerprint density at radius 2 is 2.38 bits per heavy atom. The third kappa shape index (κ3) is 3.30. The summed E-state index contributed by atoms with van der Waals surface area (Å²) in [7, 11) is 0. The molecule has 1 aliphatic heterocycles. The first-order valence-corrected chi connectivity index (χ1v) is 7.15. The molecule has 1 saturated heterocycles. The number of hydrogen-bond donors (Lipinski definition) is 2. The minimum atomic E-state index is 0.669. The van der Waals surface area contributed by atoms with Crippen LogP contribution in [-0.4, -0.2) is 19.1 Å². The minimum absolute atomic E-state index is 0.669. The monoisotopic (exact) mass is 238 g/mol. The maximum Gasteiger partial charge on any atom is 0.0217 e. The first-order valence-electron chi connectivity index (χ1n) is 6.21. The first kappa shape index (κ1) is 12.1. The van der Waals surface area contributed by atoms with E-state index in [1.165, 1.54) is 30.5 Å². The molecular formula is C13H22N2S. The molecule has 0 bridgehead atoms. The topological polar surface area (TPSA) is 24.1 Å². The van der Waals surface area contributed by atoms with E-state index in [1.807, 2.05) is 0 Å². The van der Waals surface area contributed by atoms with Crippen molar-refractivity contribution < 1.29 is 0 Å². The molecule has 2 unspecified atom stereocenters. The van der Waals surface area contributed by atoms with E-state index in [9.17, 15) is 0 Å². The predicted molar refractivity (Wildman–Crippen MR) is 71.0 cm³/mol. The van der Waals surface area contributed by atoms with Crippen molar-refractivity contribution in [3.05, 3.63) is 21.9 Å². The van der Waals surface area contributed by atoms with Crippen molar-refractivity contribution in [1.29, 1.82) is 0 Å². The van der Waals surface area contributed by atoms with E-state index in [0.29, 0.717) is 6.04 Å². The summed E-state index contributed by atoms with van der Waals surface area (Å²) in [4.78, 5) is 0. The molecule has 0 aromatic carbocycles. The average Bonchev–Trinajstić information content (AvgIpc) is 2.65. The van der Waals surface area contributed by atoms with Crippen LogP contribution in [0.15, 0.2) is 10.8 Å². The summed E-state index contributed by atoms with van der Waals surface area (Å²) in [5, 5.41) is 11.6. The van der Waals surface area contributed by atoms with Crippen LogP contribution in [0.4, 0.5) is 0 Å². The Kier molecular flexibility index (Phi) is 4.38. The lowest BCUT2D eigenvalue weighted by atomic mass is 9.94. The Hall–Kier alpha value is -0.380. The van der Waals surface area contributed by atoms with Gasteiger partial charge in [-0.15, -0.1) is 0 Å². The lowest BCUT2D eigenvalue weighted by Gasteiger charge is -2.28. The molecule has 1 aromatic heterocycles. The standard InChI is InChI=1S/C13H22N2S/c1-10-3-4-15-13(5-10)7-14-6-12-9-16-8-11(12)2/h8-10,13-15H,3-7H2,1-2H3. The van der Waals surface area contributed by atoms with Gasteiger partial charge in [0.25, 0.3) is 0 Å². The zero-order valence-corrected chi connectivity index (χ0v) is 11.1. The Balaban J connectivity index is 1.70. The Bertz CT molecular complexity index is 321. The number of rotatable bonds is 4. The molecule has 1 aromatic rings. The van der Waals surface area contributed by atoms with Crippen molar-refractivity contribution in [1.82, 2.24) is 10.6 Å². The Labute approximate surface area is 102 Å². The fourth-order valence-corrected chi connectivity index (χ4v) is 3.18. The van der Waals surface area contributed by atoms with Crippen LogP contribution in [0, 0.1) is 12.8 Å². The van der Waals surface area contributed by atoms with E-state index in [-0.39, 0.29) is 0 Å². The summed E-state index contributed by atoms with van der Waals surface area (Å²) in [5.74, 6) is 0.885. The van der Waals surface area contributed by atoms with Gasteiger partial charge in [0, 0.05) is 19.1 Å². The highest BCUT2D eigenvalue weighted by Gasteiger charge is 2.17. The van der Waals surface area contributed by atoms with Crippen LogP contribution in [0.5, 0.6) is 0 Å². The zero-order chi connectivity index (χ0) is 11.4. The summed E-state index contributed by atoms with van der Waals surface area (Å²) < 4.78 is 0. The zero-order valence-electron chi connectivity index (χ0n) is 10.3. The highest BCUT2D eigenvalue weighted by molar-refractivity contribution is 7.08. The normalized spacial score (nSPS) is 25.9. The van der Waals surface area contributed by atoms with Gasteiger partial charge in [-0.1, -0.05) is 6.92 Å². The Morgan fingerprint density at radius 3 is 3.06 bits per heavy atom. The lowest BCUT2D eigenvalue weighted by molar-refractivity contribution is 0.311. The largest absolute Gasteiger partial charge is 0.313 e. The van der Waals surface area contributed by atoms with Gasteiger partial charge in [0.15, 0.2) is 0 Å².